The van der Waals surface area contributed by atoms with Gasteiger partial charge in [-0.2, -0.15) is 0 Å². The van der Waals surface area contributed by atoms with Crippen LogP contribution in [0.25, 0.3) is 0 Å². The molecule has 19 heavy (non-hydrogen) atoms. The van der Waals surface area contributed by atoms with Gasteiger partial charge in [0, 0.05) is 31.9 Å². The van der Waals surface area contributed by atoms with E-state index < -0.39 is 12.0 Å². The van der Waals surface area contributed by atoms with Crippen LogP contribution in [0.15, 0.2) is 6.07 Å². The van der Waals surface area contributed by atoms with Gasteiger partial charge in [-0.25, -0.2) is 18.7 Å². The molecule has 0 amide bonds. The zero-order chi connectivity index (χ0) is 14.0. The summed E-state index contributed by atoms with van der Waals surface area (Å²) in [4.78, 5) is 10.6. The Morgan fingerprint density at radius 3 is 2.47 bits per heavy atom. The lowest BCUT2D eigenvalue weighted by molar-refractivity contribution is 0.0922. The first kappa shape index (κ1) is 14.3. The number of alkyl halides is 2. The van der Waals surface area contributed by atoms with Crippen LogP contribution in [-0.4, -0.2) is 41.0 Å². The Kier molecular flexibility index (Phi) is 4.10. The molecule has 6 heteroatoms. The fourth-order valence-corrected chi connectivity index (χ4v) is 2.34. The van der Waals surface area contributed by atoms with Crippen LogP contribution in [0.1, 0.15) is 37.5 Å². The molecule has 0 atom stereocenters. The predicted octanol–water partition coefficient (Wildman–Crippen LogP) is 1.86. The fourth-order valence-electron chi connectivity index (χ4n) is 2.34. The van der Waals surface area contributed by atoms with E-state index in [0.29, 0.717) is 11.5 Å². The zero-order valence-electron chi connectivity index (χ0n) is 11.6. The van der Waals surface area contributed by atoms with Gasteiger partial charge in [-0.15, -0.1) is 0 Å². The van der Waals surface area contributed by atoms with Crippen molar-refractivity contribution in [3.63, 3.8) is 0 Å². The smallest absolute Gasteiger partial charge is 0.280 e. The maximum Gasteiger partial charge on any atom is 0.280 e. The first-order valence-corrected chi connectivity index (χ1v) is 6.51. The molecule has 0 unspecified atom stereocenters. The Balaban J connectivity index is 2.33. The lowest BCUT2D eigenvalue weighted by atomic mass is 10.00. The summed E-state index contributed by atoms with van der Waals surface area (Å²) in [6.45, 7) is 9.24. The molecule has 2 rings (SSSR count). The summed E-state index contributed by atoms with van der Waals surface area (Å²) >= 11 is 0. The molecule has 0 radical (unpaired) electrons. The second kappa shape index (κ2) is 5.46. The van der Waals surface area contributed by atoms with Crippen LogP contribution in [0.2, 0.25) is 0 Å². The largest absolute Gasteiger partial charge is 0.314 e. The number of nitrogens with one attached hydrogen (secondary N) is 1. The standard InChI is InChI=1S/C13H20F2N4/c1-9-8-10(11(14)15)18-12(17-9)13(2,3)19-6-4-16-5-7-19/h8,11,16H,4-7H2,1-3H3. The number of piperazine rings is 1. The molecule has 1 fully saturated rings. The van der Waals surface area contributed by atoms with Crippen LogP contribution in [-0.2, 0) is 5.54 Å². The topological polar surface area (TPSA) is 41.1 Å². The number of aryl methyl sites for hydroxylation is 1. The van der Waals surface area contributed by atoms with E-state index in [1.807, 2.05) is 13.8 Å². The van der Waals surface area contributed by atoms with E-state index in [1.54, 1.807) is 6.92 Å². The third-order valence-electron chi connectivity index (χ3n) is 3.55. The summed E-state index contributed by atoms with van der Waals surface area (Å²) in [6.07, 6.45) is -2.56. The van der Waals surface area contributed by atoms with Gasteiger partial charge in [-0.1, -0.05) is 0 Å². The molecule has 106 valence electrons. The Bertz CT molecular complexity index is 442. The van der Waals surface area contributed by atoms with Crippen molar-refractivity contribution in [1.82, 2.24) is 20.2 Å². The summed E-state index contributed by atoms with van der Waals surface area (Å²) in [7, 11) is 0. The number of hydrogen-bond donors (Lipinski definition) is 1. The molecule has 0 aliphatic carbocycles. The van der Waals surface area contributed by atoms with Gasteiger partial charge in [-0.3, -0.25) is 4.90 Å². The maximum absolute atomic E-state index is 12.8. The summed E-state index contributed by atoms with van der Waals surface area (Å²) in [6, 6.07) is 1.35. The molecule has 1 aliphatic rings. The van der Waals surface area contributed by atoms with Crippen molar-refractivity contribution in [2.24, 2.45) is 0 Å². The van der Waals surface area contributed by atoms with Crippen molar-refractivity contribution >= 4 is 0 Å². The average molecular weight is 270 g/mol. The molecular formula is C13H20F2N4. The fraction of sp³-hybridized carbons (Fsp3) is 0.692. The highest BCUT2D eigenvalue weighted by molar-refractivity contribution is 5.15. The van der Waals surface area contributed by atoms with Crippen molar-refractivity contribution < 1.29 is 8.78 Å². The Morgan fingerprint density at radius 1 is 1.26 bits per heavy atom. The predicted molar refractivity (Wildman–Crippen MR) is 69.2 cm³/mol. The Hall–Kier alpha value is -1.14. The lowest BCUT2D eigenvalue weighted by Crippen LogP contribution is -2.52. The molecule has 1 aliphatic heterocycles. The normalized spacial score (nSPS) is 18.0. The van der Waals surface area contributed by atoms with Gasteiger partial charge in [-0.05, 0) is 26.8 Å². The molecular weight excluding hydrogens is 250 g/mol. The van der Waals surface area contributed by atoms with Crippen molar-refractivity contribution in [1.29, 1.82) is 0 Å². The summed E-state index contributed by atoms with van der Waals surface area (Å²) in [5.41, 5.74) is -0.0354. The van der Waals surface area contributed by atoms with E-state index in [0.717, 1.165) is 26.2 Å². The van der Waals surface area contributed by atoms with Gasteiger partial charge in [0.1, 0.15) is 11.5 Å². The Morgan fingerprint density at radius 2 is 1.89 bits per heavy atom. The molecule has 1 aromatic rings. The first-order chi connectivity index (χ1) is 8.91. The van der Waals surface area contributed by atoms with E-state index in [1.165, 1.54) is 6.07 Å². The van der Waals surface area contributed by atoms with Crippen LogP contribution >= 0.6 is 0 Å². The second-order valence-corrected chi connectivity index (χ2v) is 5.35. The van der Waals surface area contributed by atoms with Gasteiger partial charge in [0.15, 0.2) is 0 Å². The molecule has 1 saturated heterocycles. The summed E-state index contributed by atoms with van der Waals surface area (Å²) < 4.78 is 25.7. The van der Waals surface area contributed by atoms with Crippen LogP contribution < -0.4 is 5.32 Å². The maximum atomic E-state index is 12.8. The van der Waals surface area contributed by atoms with Gasteiger partial charge < -0.3 is 5.32 Å². The highest BCUT2D eigenvalue weighted by Crippen LogP contribution is 2.27. The summed E-state index contributed by atoms with van der Waals surface area (Å²) in [5, 5.41) is 3.28. The van der Waals surface area contributed by atoms with Crippen LogP contribution in [0.3, 0.4) is 0 Å². The van der Waals surface area contributed by atoms with E-state index in [2.05, 4.69) is 20.2 Å². The van der Waals surface area contributed by atoms with Gasteiger partial charge >= 0.3 is 0 Å². The monoisotopic (exact) mass is 270 g/mol. The van der Waals surface area contributed by atoms with Crippen molar-refractivity contribution in [3.05, 3.63) is 23.3 Å². The zero-order valence-corrected chi connectivity index (χ0v) is 11.6. The SMILES string of the molecule is Cc1cc(C(F)F)nc(C(C)(C)N2CCNCC2)n1. The number of rotatable bonds is 3. The second-order valence-electron chi connectivity index (χ2n) is 5.35. The number of halogens is 2. The van der Waals surface area contributed by atoms with Crippen LogP contribution in [0, 0.1) is 6.92 Å². The molecule has 1 N–H and O–H groups in total. The van der Waals surface area contributed by atoms with Crippen LogP contribution in [0.4, 0.5) is 8.78 Å². The van der Waals surface area contributed by atoms with E-state index in [4.69, 9.17) is 0 Å². The molecule has 1 aromatic heterocycles. The quantitative estimate of drug-likeness (QED) is 0.910. The van der Waals surface area contributed by atoms with Gasteiger partial charge in [0.2, 0.25) is 0 Å². The van der Waals surface area contributed by atoms with Gasteiger partial charge in [0.25, 0.3) is 6.43 Å². The van der Waals surface area contributed by atoms with Crippen molar-refractivity contribution in [2.45, 2.75) is 32.7 Å². The van der Waals surface area contributed by atoms with E-state index in [-0.39, 0.29) is 5.69 Å². The summed E-state index contributed by atoms with van der Waals surface area (Å²) in [5.74, 6) is 0.477. The minimum atomic E-state index is -2.56. The Labute approximate surface area is 112 Å². The van der Waals surface area contributed by atoms with Crippen LogP contribution in [0.5, 0.6) is 0 Å². The number of hydrogen-bond acceptors (Lipinski definition) is 4. The highest BCUT2D eigenvalue weighted by atomic mass is 19.3. The first-order valence-electron chi connectivity index (χ1n) is 6.51. The molecule has 0 spiro atoms. The molecule has 4 nitrogen and oxygen atoms in total. The third kappa shape index (κ3) is 3.06. The van der Waals surface area contributed by atoms with Gasteiger partial charge in [0.05, 0.1) is 5.54 Å². The minimum absolute atomic E-state index is 0.189. The third-order valence-corrected chi connectivity index (χ3v) is 3.55. The van der Waals surface area contributed by atoms with Crippen molar-refractivity contribution in [3.8, 4) is 0 Å². The minimum Gasteiger partial charge on any atom is -0.314 e. The average Bonchev–Trinajstić information content (AvgIpc) is 2.39. The highest BCUT2D eigenvalue weighted by Gasteiger charge is 2.33. The van der Waals surface area contributed by atoms with E-state index in [9.17, 15) is 8.78 Å². The molecule has 0 aromatic carbocycles. The molecule has 2 heterocycles. The lowest BCUT2D eigenvalue weighted by Gasteiger charge is -2.40. The molecule has 0 saturated carbocycles. The number of nitrogens with zero attached hydrogens (tertiary/aromatic N) is 3. The van der Waals surface area contributed by atoms with Crippen molar-refractivity contribution in [2.75, 3.05) is 26.2 Å². The molecule has 0 bridgehead atoms. The van der Waals surface area contributed by atoms with E-state index >= 15 is 0 Å². The number of aromatic nitrogens is 2.